The molecule has 1 heterocycles. The highest BCUT2D eigenvalue weighted by Gasteiger charge is 2.32. The first-order chi connectivity index (χ1) is 8.61. The van der Waals surface area contributed by atoms with Gasteiger partial charge in [-0.25, -0.2) is 9.97 Å². The van der Waals surface area contributed by atoms with Gasteiger partial charge in [0.05, 0.1) is 6.07 Å². The number of rotatable bonds is 6. The number of hydrogen-bond acceptors (Lipinski definition) is 5. The van der Waals surface area contributed by atoms with E-state index in [2.05, 4.69) is 21.4 Å². The van der Waals surface area contributed by atoms with Gasteiger partial charge in [-0.3, -0.25) is 5.32 Å². The van der Waals surface area contributed by atoms with E-state index in [9.17, 15) is 5.26 Å². The molecule has 1 fully saturated rings. The molecule has 1 aromatic heterocycles. The minimum Gasteiger partial charge on any atom is -0.297 e. The van der Waals surface area contributed by atoms with Crippen molar-refractivity contribution in [3.05, 3.63) is 18.0 Å². The largest absolute Gasteiger partial charge is 0.297 e. The van der Waals surface area contributed by atoms with Crippen LogP contribution in [0.2, 0.25) is 0 Å². The molecule has 1 N–H and O–H groups in total. The maximum Gasteiger partial charge on any atom is 0.187 e. The van der Waals surface area contributed by atoms with E-state index >= 15 is 0 Å². The van der Waals surface area contributed by atoms with Gasteiger partial charge in [-0.2, -0.15) is 5.26 Å². The van der Waals surface area contributed by atoms with Crippen molar-refractivity contribution in [1.82, 2.24) is 15.3 Å². The van der Waals surface area contributed by atoms with Crippen LogP contribution in [0.15, 0.2) is 17.6 Å². The fourth-order valence-electron chi connectivity index (χ4n) is 1.64. The van der Waals surface area contributed by atoms with Crippen LogP contribution in [0.4, 0.5) is 0 Å². The van der Waals surface area contributed by atoms with Crippen LogP contribution in [0.3, 0.4) is 0 Å². The lowest BCUT2D eigenvalue weighted by molar-refractivity contribution is 0.433. The van der Waals surface area contributed by atoms with Gasteiger partial charge in [-0.15, -0.1) is 0 Å². The molecular formula is C13H18N4S. The molecule has 1 aliphatic carbocycles. The maximum atomic E-state index is 9.24. The number of aryl methyl sites for hydroxylation is 1. The number of aromatic nitrogens is 2. The molecule has 0 aliphatic heterocycles. The molecule has 96 valence electrons. The molecule has 1 atom stereocenters. The first kappa shape index (κ1) is 13.3. The third-order valence-electron chi connectivity index (χ3n) is 2.94. The van der Waals surface area contributed by atoms with Crippen LogP contribution in [-0.2, 0) is 0 Å². The number of nitriles is 1. The van der Waals surface area contributed by atoms with Crippen molar-refractivity contribution in [2.45, 2.75) is 49.8 Å². The lowest BCUT2D eigenvalue weighted by Crippen LogP contribution is -2.42. The number of nitrogens with one attached hydrogen (secondary N) is 1. The average Bonchev–Trinajstić information content (AvgIpc) is 3.15. The summed E-state index contributed by atoms with van der Waals surface area (Å²) in [5, 5.41) is 13.4. The zero-order valence-corrected chi connectivity index (χ0v) is 11.6. The van der Waals surface area contributed by atoms with E-state index < -0.39 is 5.54 Å². The minimum atomic E-state index is -0.418. The summed E-state index contributed by atoms with van der Waals surface area (Å²) in [5.74, 6) is 0.854. The lowest BCUT2D eigenvalue weighted by atomic mass is 10.0. The van der Waals surface area contributed by atoms with Crippen molar-refractivity contribution in [3.8, 4) is 6.07 Å². The smallest absolute Gasteiger partial charge is 0.187 e. The summed E-state index contributed by atoms with van der Waals surface area (Å²) in [5.41, 5.74) is 0.649. The molecular weight excluding hydrogens is 244 g/mol. The van der Waals surface area contributed by atoms with E-state index in [0.29, 0.717) is 6.04 Å². The molecule has 1 unspecified atom stereocenters. The second-order valence-corrected chi connectivity index (χ2v) is 6.07. The van der Waals surface area contributed by atoms with Crippen molar-refractivity contribution >= 4 is 11.8 Å². The Hall–Kier alpha value is -1.12. The Kier molecular flexibility index (Phi) is 4.20. The fraction of sp³-hybridized carbons (Fsp3) is 0.615. The Morgan fingerprint density at radius 2 is 2.17 bits per heavy atom. The van der Waals surface area contributed by atoms with Gasteiger partial charge < -0.3 is 0 Å². The van der Waals surface area contributed by atoms with Crippen LogP contribution >= 0.6 is 11.8 Å². The highest BCUT2D eigenvalue weighted by atomic mass is 32.2. The molecule has 0 saturated heterocycles. The summed E-state index contributed by atoms with van der Waals surface area (Å²) in [7, 11) is 0. The number of hydrogen-bond donors (Lipinski definition) is 1. The van der Waals surface area contributed by atoms with E-state index in [1.807, 2.05) is 26.2 Å². The SMILES string of the molecule is Cc1cnc(SCCC(C)(C#N)NC2CC2)nc1. The van der Waals surface area contributed by atoms with Crippen LogP contribution in [0, 0.1) is 18.3 Å². The highest BCUT2D eigenvalue weighted by molar-refractivity contribution is 7.99. The van der Waals surface area contributed by atoms with E-state index in [0.717, 1.165) is 22.9 Å². The van der Waals surface area contributed by atoms with Crippen LogP contribution in [-0.4, -0.2) is 27.3 Å². The van der Waals surface area contributed by atoms with E-state index in [1.165, 1.54) is 12.8 Å². The summed E-state index contributed by atoms with van der Waals surface area (Å²) in [6.07, 6.45) is 6.85. The minimum absolute atomic E-state index is 0.418. The van der Waals surface area contributed by atoms with E-state index in [-0.39, 0.29) is 0 Å². The quantitative estimate of drug-likeness (QED) is 0.629. The van der Waals surface area contributed by atoms with Gasteiger partial charge in [0.15, 0.2) is 5.16 Å². The topological polar surface area (TPSA) is 61.6 Å². The summed E-state index contributed by atoms with van der Waals surface area (Å²) in [4.78, 5) is 8.49. The molecule has 5 heteroatoms. The van der Waals surface area contributed by atoms with Crippen molar-refractivity contribution in [2.75, 3.05) is 5.75 Å². The lowest BCUT2D eigenvalue weighted by Gasteiger charge is -2.22. The summed E-state index contributed by atoms with van der Waals surface area (Å²) in [6, 6.07) is 2.93. The van der Waals surface area contributed by atoms with Crippen LogP contribution in [0.1, 0.15) is 31.7 Å². The molecule has 18 heavy (non-hydrogen) atoms. The number of thioether (sulfide) groups is 1. The Bertz CT molecular complexity index is 435. The van der Waals surface area contributed by atoms with Gasteiger partial charge in [0.2, 0.25) is 0 Å². The molecule has 1 aromatic rings. The predicted octanol–water partition coefficient (Wildman–Crippen LogP) is 2.30. The standard InChI is InChI=1S/C13H18N4S/c1-10-7-15-12(16-8-10)18-6-5-13(2,9-14)17-11-3-4-11/h7-8,11,17H,3-6H2,1-2H3. The first-order valence-corrected chi connectivity index (χ1v) is 7.20. The predicted molar refractivity (Wildman–Crippen MR) is 72.3 cm³/mol. The van der Waals surface area contributed by atoms with Gasteiger partial charge in [0.25, 0.3) is 0 Å². The third kappa shape index (κ3) is 3.97. The van der Waals surface area contributed by atoms with Crippen molar-refractivity contribution in [3.63, 3.8) is 0 Å². The van der Waals surface area contributed by atoms with E-state index in [4.69, 9.17) is 0 Å². The fourth-order valence-corrected chi connectivity index (χ4v) is 2.59. The molecule has 0 bridgehead atoms. The Morgan fingerprint density at radius 1 is 1.50 bits per heavy atom. The van der Waals surface area contributed by atoms with Crippen LogP contribution < -0.4 is 5.32 Å². The van der Waals surface area contributed by atoms with Crippen LogP contribution in [0.5, 0.6) is 0 Å². The summed E-state index contributed by atoms with van der Waals surface area (Å²) >= 11 is 1.61. The molecule has 1 saturated carbocycles. The van der Waals surface area contributed by atoms with Gasteiger partial charge in [0, 0.05) is 24.2 Å². The zero-order valence-electron chi connectivity index (χ0n) is 10.8. The van der Waals surface area contributed by atoms with Gasteiger partial charge in [-0.05, 0) is 38.7 Å². The molecule has 4 nitrogen and oxygen atoms in total. The Balaban J connectivity index is 1.79. The molecule has 0 spiro atoms. The molecule has 0 amide bonds. The van der Waals surface area contributed by atoms with Crippen LogP contribution in [0.25, 0.3) is 0 Å². The van der Waals surface area contributed by atoms with E-state index in [1.54, 1.807) is 11.8 Å². The zero-order chi connectivity index (χ0) is 13.0. The van der Waals surface area contributed by atoms with Crippen molar-refractivity contribution in [2.24, 2.45) is 0 Å². The summed E-state index contributed by atoms with van der Waals surface area (Å²) in [6.45, 7) is 3.95. The normalized spacial score (nSPS) is 18.1. The molecule has 0 aromatic carbocycles. The number of nitrogens with zero attached hydrogens (tertiary/aromatic N) is 3. The second kappa shape index (κ2) is 5.68. The molecule has 2 rings (SSSR count). The molecule has 0 radical (unpaired) electrons. The highest BCUT2D eigenvalue weighted by Crippen LogP contribution is 2.25. The van der Waals surface area contributed by atoms with Crippen molar-refractivity contribution in [1.29, 1.82) is 5.26 Å². The average molecular weight is 262 g/mol. The van der Waals surface area contributed by atoms with Gasteiger partial charge in [0.1, 0.15) is 5.54 Å². The van der Waals surface area contributed by atoms with Crippen molar-refractivity contribution < 1.29 is 0 Å². The third-order valence-corrected chi connectivity index (χ3v) is 3.81. The Morgan fingerprint density at radius 3 is 2.72 bits per heavy atom. The van der Waals surface area contributed by atoms with Gasteiger partial charge >= 0.3 is 0 Å². The van der Waals surface area contributed by atoms with Gasteiger partial charge in [-0.1, -0.05) is 11.8 Å². The summed E-state index contributed by atoms with van der Waals surface area (Å²) < 4.78 is 0. The first-order valence-electron chi connectivity index (χ1n) is 6.22. The second-order valence-electron chi connectivity index (χ2n) is 5.00. The monoisotopic (exact) mass is 262 g/mol. The Labute approximate surface area is 112 Å². The molecule has 1 aliphatic rings. The maximum absolute atomic E-state index is 9.24.